The van der Waals surface area contributed by atoms with E-state index in [2.05, 4.69) is 5.32 Å². The van der Waals surface area contributed by atoms with Crippen molar-refractivity contribution in [1.82, 2.24) is 5.32 Å². The number of piperidine rings is 1. The molecule has 0 aromatic heterocycles. The van der Waals surface area contributed by atoms with Crippen LogP contribution in [0.4, 0.5) is 5.69 Å². The maximum Gasteiger partial charge on any atom is 0.0898 e. The van der Waals surface area contributed by atoms with Crippen LogP contribution in [-0.4, -0.2) is 18.2 Å². The second kappa shape index (κ2) is 4.44. The minimum atomic E-state index is -0.766. The number of nitrogen functional groups attached to an aromatic ring is 1. The molecule has 16 heavy (non-hydrogen) atoms. The van der Waals surface area contributed by atoms with Gasteiger partial charge in [0.2, 0.25) is 0 Å². The third kappa shape index (κ3) is 2.20. The van der Waals surface area contributed by atoms with Crippen molar-refractivity contribution in [2.24, 2.45) is 5.92 Å². The Hall–Kier alpha value is -1.06. The van der Waals surface area contributed by atoms with E-state index >= 15 is 0 Å². The van der Waals surface area contributed by atoms with Gasteiger partial charge in [0.05, 0.1) is 5.60 Å². The van der Waals surface area contributed by atoms with E-state index in [0.717, 1.165) is 31.5 Å². The van der Waals surface area contributed by atoms with Crippen LogP contribution in [-0.2, 0) is 5.60 Å². The second-order valence-corrected chi connectivity index (χ2v) is 4.80. The fourth-order valence-electron chi connectivity index (χ4n) is 2.47. The van der Waals surface area contributed by atoms with Crippen LogP contribution in [0.3, 0.4) is 0 Å². The lowest BCUT2D eigenvalue weighted by molar-refractivity contribution is -0.0186. The van der Waals surface area contributed by atoms with Gasteiger partial charge in [-0.1, -0.05) is 12.1 Å². The monoisotopic (exact) mass is 220 g/mol. The number of hydrogen-bond acceptors (Lipinski definition) is 3. The predicted molar refractivity (Wildman–Crippen MR) is 66.0 cm³/mol. The Balaban J connectivity index is 2.22. The molecular weight excluding hydrogens is 200 g/mol. The zero-order valence-electron chi connectivity index (χ0n) is 9.74. The van der Waals surface area contributed by atoms with Gasteiger partial charge < -0.3 is 16.2 Å². The molecule has 4 N–H and O–H groups in total. The maximum atomic E-state index is 10.7. The fraction of sp³-hybridized carbons (Fsp3) is 0.538. The van der Waals surface area contributed by atoms with Gasteiger partial charge in [0.15, 0.2) is 0 Å². The van der Waals surface area contributed by atoms with Gasteiger partial charge in [-0.25, -0.2) is 0 Å². The van der Waals surface area contributed by atoms with Gasteiger partial charge in [-0.3, -0.25) is 0 Å². The predicted octanol–water partition coefficient (Wildman–Crippen LogP) is 1.48. The average Bonchev–Trinajstić information content (AvgIpc) is 2.30. The molecule has 0 amide bonds. The molecule has 1 heterocycles. The summed E-state index contributed by atoms with van der Waals surface area (Å²) in [5, 5.41) is 14.0. The summed E-state index contributed by atoms with van der Waals surface area (Å²) in [6, 6.07) is 7.59. The van der Waals surface area contributed by atoms with Crippen molar-refractivity contribution in [3.05, 3.63) is 29.8 Å². The molecule has 0 radical (unpaired) electrons. The summed E-state index contributed by atoms with van der Waals surface area (Å²) >= 11 is 0. The molecule has 1 aliphatic heterocycles. The van der Waals surface area contributed by atoms with E-state index in [-0.39, 0.29) is 0 Å². The van der Waals surface area contributed by atoms with Gasteiger partial charge in [-0.05, 0) is 56.5 Å². The van der Waals surface area contributed by atoms with Gasteiger partial charge in [-0.15, -0.1) is 0 Å². The molecule has 1 aromatic rings. The molecule has 1 saturated heterocycles. The van der Waals surface area contributed by atoms with Gasteiger partial charge >= 0.3 is 0 Å². The third-order valence-electron chi connectivity index (χ3n) is 3.61. The molecule has 2 rings (SSSR count). The van der Waals surface area contributed by atoms with Crippen molar-refractivity contribution < 1.29 is 5.11 Å². The average molecular weight is 220 g/mol. The van der Waals surface area contributed by atoms with E-state index in [1.807, 2.05) is 31.2 Å². The maximum absolute atomic E-state index is 10.7. The van der Waals surface area contributed by atoms with E-state index in [9.17, 15) is 5.11 Å². The molecule has 0 bridgehead atoms. The van der Waals surface area contributed by atoms with Crippen molar-refractivity contribution >= 4 is 5.69 Å². The quantitative estimate of drug-likeness (QED) is 0.662. The molecular formula is C13H20N2O. The minimum absolute atomic E-state index is 0.315. The van der Waals surface area contributed by atoms with Crippen LogP contribution >= 0.6 is 0 Å². The highest BCUT2D eigenvalue weighted by molar-refractivity contribution is 5.42. The first-order valence-corrected chi connectivity index (χ1v) is 5.90. The highest BCUT2D eigenvalue weighted by Gasteiger charge is 2.34. The molecule has 1 unspecified atom stereocenters. The van der Waals surface area contributed by atoms with Crippen molar-refractivity contribution in [3.8, 4) is 0 Å². The molecule has 0 saturated carbocycles. The van der Waals surface area contributed by atoms with Crippen LogP contribution in [0.5, 0.6) is 0 Å². The standard InChI is InChI=1S/C13H20N2O/c1-13(16,10-5-7-15-8-6-10)11-3-2-4-12(14)9-11/h2-4,9-10,15-16H,5-8,14H2,1H3. The Morgan fingerprint density at radius 3 is 2.69 bits per heavy atom. The summed E-state index contributed by atoms with van der Waals surface area (Å²) in [5.41, 5.74) is 6.64. The Bertz CT molecular complexity index is 357. The van der Waals surface area contributed by atoms with Gasteiger partial charge in [0, 0.05) is 5.69 Å². The summed E-state index contributed by atoms with van der Waals surface area (Å²) in [6.07, 6.45) is 2.03. The molecule has 1 aromatic carbocycles. The SMILES string of the molecule is CC(O)(c1cccc(N)c1)C1CCNCC1. The Morgan fingerprint density at radius 1 is 1.38 bits per heavy atom. The number of nitrogens with two attached hydrogens (primary N) is 1. The highest BCUT2D eigenvalue weighted by atomic mass is 16.3. The topological polar surface area (TPSA) is 58.3 Å². The van der Waals surface area contributed by atoms with Crippen molar-refractivity contribution in [3.63, 3.8) is 0 Å². The first-order chi connectivity index (χ1) is 7.60. The van der Waals surface area contributed by atoms with Crippen molar-refractivity contribution in [1.29, 1.82) is 0 Å². The lowest BCUT2D eigenvalue weighted by Crippen LogP contribution is -2.39. The molecule has 1 fully saturated rings. The van der Waals surface area contributed by atoms with Crippen molar-refractivity contribution in [2.75, 3.05) is 18.8 Å². The molecule has 3 nitrogen and oxygen atoms in total. The van der Waals surface area contributed by atoms with E-state index in [4.69, 9.17) is 5.73 Å². The zero-order valence-corrected chi connectivity index (χ0v) is 9.74. The fourth-order valence-corrected chi connectivity index (χ4v) is 2.47. The minimum Gasteiger partial charge on any atom is -0.399 e. The lowest BCUT2D eigenvalue weighted by Gasteiger charge is -2.36. The van der Waals surface area contributed by atoms with E-state index in [1.54, 1.807) is 0 Å². The third-order valence-corrected chi connectivity index (χ3v) is 3.61. The number of aliphatic hydroxyl groups is 1. The zero-order chi connectivity index (χ0) is 11.6. The number of benzene rings is 1. The van der Waals surface area contributed by atoms with Gasteiger partial charge in [0.25, 0.3) is 0 Å². The van der Waals surface area contributed by atoms with Crippen LogP contribution < -0.4 is 11.1 Å². The normalized spacial score (nSPS) is 21.6. The summed E-state index contributed by atoms with van der Waals surface area (Å²) in [7, 11) is 0. The van der Waals surface area contributed by atoms with E-state index in [1.165, 1.54) is 0 Å². The molecule has 0 spiro atoms. The molecule has 0 aliphatic carbocycles. The van der Waals surface area contributed by atoms with E-state index in [0.29, 0.717) is 11.6 Å². The van der Waals surface area contributed by atoms with Crippen molar-refractivity contribution in [2.45, 2.75) is 25.4 Å². The molecule has 1 atom stereocenters. The largest absolute Gasteiger partial charge is 0.399 e. The Labute approximate surface area is 96.7 Å². The Morgan fingerprint density at radius 2 is 2.06 bits per heavy atom. The summed E-state index contributed by atoms with van der Waals surface area (Å²) in [6.45, 7) is 3.88. The number of anilines is 1. The second-order valence-electron chi connectivity index (χ2n) is 4.80. The Kier molecular flexibility index (Phi) is 3.17. The number of nitrogens with one attached hydrogen (secondary N) is 1. The molecule has 1 aliphatic rings. The molecule has 3 heteroatoms. The number of rotatable bonds is 2. The van der Waals surface area contributed by atoms with Gasteiger partial charge in [-0.2, -0.15) is 0 Å². The van der Waals surface area contributed by atoms with Crippen LogP contribution in [0.1, 0.15) is 25.3 Å². The summed E-state index contributed by atoms with van der Waals surface area (Å²) < 4.78 is 0. The smallest absolute Gasteiger partial charge is 0.0898 e. The van der Waals surface area contributed by atoms with Crippen LogP contribution in [0, 0.1) is 5.92 Å². The first-order valence-electron chi connectivity index (χ1n) is 5.90. The number of hydrogen-bond donors (Lipinski definition) is 3. The molecule has 88 valence electrons. The van der Waals surface area contributed by atoms with Gasteiger partial charge in [0.1, 0.15) is 0 Å². The van der Waals surface area contributed by atoms with E-state index < -0.39 is 5.60 Å². The summed E-state index contributed by atoms with van der Waals surface area (Å²) in [4.78, 5) is 0. The van der Waals surface area contributed by atoms with Crippen LogP contribution in [0.15, 0.2) is 24.3 Å². The van der Waals surface area contributed by atoms with Crippen LogP contribution in [0.25, 0.3) is 0 Å². The lowest BCUT2D eigenvalue weighted by atomic mass is 9.77. The highest BCUT2D eigenvalue weighted by Crippen LogP contribution is 2.35. The van der Waals surface area contributed by atoms with Crippen LogP contribution in [0.2, 0.25) is 0 Å². The first kappa shape index (κ1) is 11.4. The summed E-state index contributed by atoms with van der Waals surface area (Å²) in [5.74, 6) is 0.315.